The number of rotatable bonds is 22. The molecule has 3 aliphatic rings. The Hall–Kier alpha value is -5.12. The summed E-state index contributed by atoms with van der Waals surface area (Å²) < 4.78 is 58.7. The van der Waals surface area contributed by atoms with Crippen molar-refractivity contribution in [2.24, 2.45) is 22.9 Å². The second kappa shape index (κ2) is 20.6. The lowest BCUT2D eigenvalue weighted by Gasteiger charge is -2.59. The SMILES string of the molecule is C=CCOC12Oc3ccc(Oc4ccc(OC)c(C=O)c4)cc3C3C(CCCCO)C(CCCCO)C=C(C(=NOCC)CC1N(CCC)S(=O)(=O)c1cccc4cccnc14)C32. The van der Waals surface area contributed by atoms with Gasteiger partial charge in [-0.15, -0.1) is 6.58 Å². The van der Waals surface area contributed by atoms with Crippen LogP contribution in [0.4, 0.5) is 0 Å². The molecule has 0 spiro atoms. The molecule has 14 heteroatoms. The highest BCUT2D eigenvalue weighted by atomic mass is 32.2. The Kier molecular flexibility index (Phi) is 15.0. The first-order valence-corrected chi connectivity index (χ1v) is 23.5. The lowest BCUT2D eigenvalue weighted by Crippen LogP contribution is -2.70. The van der Waals surface area contributed by atoms with E-state index < -0.39 is 27.8 Å². The fourth-order valence-electron chi connectivity index (χ4n) is 9.91. The second-order valence-electron chi connectivity index (χ2n) is 16.3. The van der Waals surface area contributed by atoms with Gasteiger partial charge in [-0.1, -0.05) is 55.3 Å². The molecule has 0 radical (unpaired) electrons. The van der Waals surface area contributed by atoms with Crippen molar-refractivity contribution >= 4 is 32.9 Å². The number of carbonyl (C=O) groups excluding carboxylic acids is 1. The summed E-state index contributed by atoms with van der Waals surface area (Å²) in [6, 6.07) is 18.5. The summed E-state index contributed by atoms with van der Waals surface area (Å²) in [4.78, 5) is 22.4. The van der Waals surface area contributed by atoms with Crippen LogP contribution in [0.2, 0.25) is 0 Å². The molecule has 1 saturated carbocycles. The fraction of sp³-hybridized carbons (Fsp3) is 0.449. The van der Waals surface area contributed by atoms with Gasteiger partial charge in [0, 0.05) is 49.2 Å². The molecule has 6 unspecified atom stereocenters. The molecule has 2 N–H and O–H groups in total. The number of aromatic nitrogens is 1. The van der Waals surface area contributed by atoms with E-state index in [1.54, 1.807) is 54.7 Å². The van der Waals surface area contributed by atoms with Crippen LogP contribution in [0.15, 0.2) is 107 Å². The van der Waals surface area contributed by atoms with E-state index in [0.717, 1.165) is 43.1 Å². The minimum absolute atomic E-state index is 0.0106. The van der Waals surface area contributed by atoms with Crippen LogP contribution >= 0.6 is 0 Å². The number of hydrogen-bond donors (Lipinski definition) is 2. The third kappa shape index (κ3) is 9.14. The highest BCUT2D eigenvalue weighted by Gasteiger charge is 2.66. The number of oxime groups is 1. The van der Waals surface area contributed by atoms with Crippen LogP contribution in [-0.4, -0.2) is 91.8 Å². The van der Waals surface area contributed by atoms with Gasteiger partial charge in [0.25, 0.3) is 0 Å². The largest absolute Gasteiger partial charge is 0.496 e. The van der Waals surface area contributed by atoms with Crippen LogP contribution in [0, 0.1) is 17.8 Å². The summed E-state index contributed by atoms with van der Waals surface area (Å²) >= 11 is 0. The molecule has 1 aliphatic heterocycles. The van der Waals surface area contributed by atoms with E-state index in [9.17, 15) is 15.0 Å². The molecule has 6 atom stereocenters. The maximum atomic E-state index is 15.5. The van der Waals surface area contributed by atoms with Gasteiger partial charge in [0.15, 0.2) is 6.29 Å². The number of ether oxygens (including phenoxy) is 4. The number of unbranched alkanes of at least 4 members (excludes halogenated alkanes) is 2. The molecule has 2 heterocycles. The highest BCUT2D eigenvalue weighted by molar-refractivity contribution is 7.89. The number of nitrogens with zero attached hydrogens (tertiary/aromatic N) is 3. The Balaban J connectivity index is 1.48. The summed E-state index contributed by atoms with van der Waals surface area (Å²) in [5.74, 6) is -0.653. The maximum absolute atomic E-state index is 15.5. The number of aliphatic hydroxyl groups excluding tert-OH is 2. The Morgan fingerprint density at radius 2 is 1.76 bits per heavy atom. The van der Waals surface area contributed by atoms with Gasteiger partial charge in [0.1, 0.15) is 34.5 Å². The van der Waals surface area contributed by atoms with Crippen molar-refractivity contribution in [2.45, 2.75) is 87.9 Å². The zero-order valence-corrected chi connectivity index (χ0v) is 37.2. The number of aliphatic hydroxyl groups is 2. The highest BCUT2D eigenvalue weighted by Crippen LogP contribution is 2.62. The van der Waals surface area contributed by atoms with Gasteiger partial charge in [-0.25, -0.2) is 8.42 Å². The van der Waals surface area contributed by atoms with Gasteiger partial charge in [-0.3, -0.25) is 9.78 Å². The maximum Gasteiger partial charge on any atom is 0.245 e. The number of allylic oxidation sites excluding steroid dienone is 1. The van der Waals surface area contributed by atoms with Crippen molar-refractivity contribution in [1.82, 2.24) is 9.29 Å². The van der Waals surface area contributed by atoms with Crippen molar-refractivity contribution in [3.05, 3.63) is 108 Å². The first-order chi connectivity index (χ1) is 30.7. The van der Waals surface area contributed by atoms with E-state index in [-0.39, 0.29) is 55.4 Å². The second-order valence-corrected chi connectivity index (χ2v) is 18.1. The van der Waals surface area contributed by atoms with Crippen LogP contribution in [0.25, 0.3) is 10.9 Å². The standard InChI is InChI=1S/C49H59N3O10S/c1-5-24-52(63(56,57)44-18-12-15-33-16-13-23-50-48(33)44)45-31-41(51-60-7-3)39-29-34(14-8-10-25-53)38(17-9-11-26-54)46-40-30-37(61-36-19-21-42(58-4)35(28-36)32-55)20-22-43(40)62-49(45,47(39)46)59-27-6-2/h6,12-13,15-16,18-23,28-30,32,34,38,45-47,53-54H,2,5,7-11,14,17,24-27,31H2,1,3-4H3. The Labute approximate surface area is 370 Å². The van der Waals surface area contributed by atoms with Crippen molar-refractivity contribution in [1.29, 1.82) is 0 Å². The average molecular weight is 882 g/mol. The predicted octanol–water partition coefficient (Wildman–Crippen LogP) is 8.60. The lowest BCUT2D eigenvalue weighted by atomic mass is 9.55. The average Bonchev–Trinajstić information content (AvgIpc) is 3.30. The van der Waals surface area contributed by atoms with E-state index in [0.29, 0.717) is 71.0 Å². The summed E-state index contributed by atoms with van der Waals surface area (Å²) in [5.41, 5.74) is 3.04. The van der Waals surface area contributed by atoms with Gasteiger partial charge >= 0.3 is 0 Å². The van der Waals surface area contributed by atoms with Gasteiger partial charge in [0.05, 0.1) is 42.5 Å². The van der Waals surface area contributed by atoms with Crippen LogP contribution < -0.4 is 14.2 Å². The normalized spacial score (nSPS) is 23.4. The summed E-state index contributed by atoms with van der Waals surface area (Å²) in [6.45, 7) is 8.44. The van der Waals surface area contributed by atoms with E-state index >= 15 is 8.42 Å². The van der Waals surface area contributed by atoms with Crippen molar-refractivity contribution < 1.29 is 47.2 Å². The zero-order valence-electron chi connectivity index (χ0n) is 36.4. The molecular weight excluding hydrogens is 823 g/mol. The number of pyridine rings is 1. The van der Waals surface area contributed by atoms with Gasteiger partial charge in [-0.2, -0.15) is 4.31 Å². The van der Waals surface area contributed by atoms with Gasteiger partial charge in [-0.05, 0) is 105 Å². The van der Waals surface area contributed by atoms with E-state index in [2.05, 4.69) is 17.6 Å². The Morgan fingerprint density at radius 1 is 1.00 bits per heavy atom. The number of carbonyl (C=O) groups is 1. The Morgan fingerprint density at radius 3 is 2.49 bits per heavy atom. The molecule has 4 aromatic rings. The molecular formula is C49H59N3O10S. The van der Waals surface area contributed by atoms with Crippen molar-refractivity contribution in [2.75, 3.05) is 40.1 Å². The zero-order chi connectivity index (χ0) is 44.6. The minimum Gasteiger partial charge on any atom is -0.496 e. The molecule has 0 bridgehead atoms. The number of aldehydes is 1. The van der Waals surface area contributed by atoms with Crippen molar-refractivity contribution in [3.63, 3.8) is 0 Å². The Bertz CT molecular complexity index is 2420. The number of methoxy groups -OCH3 is 1. The predicted molar refractivity (Wildman–Crippen MR) is 241 cm³/mol. The summed E-state index contributed by atoms with van der Waals surface area (Å²) in [6.07, 6.45) is 11.1. The molecule has 0 amide bonds. The number of benzene rings is 3. The third-order valence-corrected chi connectivity index (χ3v) is 14.4. The summed E-state index contributed by atoms with van der Waals surface area (Å²) in [7, 11) is -2.79. The molecule has 0 saturated heterocycles. The number of para-hydroxylation sites is 1. The van der Waals surface area contributed by atoms with Crippen molar-refractivity contribution in [3.8, 4) is 23.0 Å². The molecule has 1 fully saturated rings. The third-order valence-electron chi connectivity index (χ3n) is 12.5. The molecule has 63 heavy (non-hydrogen) atoms. The fourth-order valence-corrected chi connectivity index (χ4v) is 11.8. The first kappa shape index (κ1) is 45.9. The topological polar surface area (TPSA) is 166 Å². The first-order valence-electron chi connectivity index (χ1n) is 22.1. The van der Waals surface area contributed by atoms with Crippen LogP contribution in [0.5, 0.6) is 23.0 Å². The lowest BCUT2D eigenvalue weighted by molar-refractivity contribution is -0.251. The molecule has 3 aromatic carbocycles. The van der Waals surface area contributed by atoms with E-state index in [1.807, 2.05) is 38.1 Å². The summed E-state index contributed by atoms with van der Waals surface area (Å²) in [5, 5.41) is 25.3. The van der Waals surface area contributed by atoms with Crippen LogP contribution in [0.1, 0.15) is 87.1 Å². The number of sulfonamides is 1. The smallest absolute Gasteiger partial charge is 0.245 e. The molecule has 2 aliphatic carbocycles. The minimum atomic E-state index is -4.29. The van der Waals surface area contributed by atoms with Gasteiger partial charge in [0.2, 0.25) is 15.8 Å². The van der Waals surface area contributed by atoms with Gasteiger partial charge < -0.3 is 34.0 Å². The monoisotopic (exact) mass is 881 g/mol. The number of fused-ring (bicyclic) bond motifs is 3. The van der Waals surface area contributed by atoms with E-state index in [4.69, 9.17) is 28.9 Å². The van der Waals surface area contributed by atoms with Crippen LogP contribution in [-0.2, 0) is 19.6 Å². The van der Waals surface area contributed by atoms with Crippen LogP contribution in [0.3, 0.4) is 0 Å². The molecule has 1 aromatic heterocycles. The van der Waals surface area contributed by atoms with E-state index in [1.165, 1.54) is 11.4 Å². The quantitative estimate of drug-likeness (QED) is 0.0336. The molecule has 7 rings (SSSR count). The molecule has 336 valence electrons. The number of hydrogen-bond acceptors (Lipinski definition) is 12. The molecule has 13 nitrogen and oxygen atoms in total.